The molecule has 5 nitrogen and oxygen atoms in total. The van der Waals surface area contributed by atoms with E-state index in [-0.39, 0.29) is 12.0 Å². The Morgan fingerprint density at radius 1 is 1.17 bits per heavy atom. The molecule has 0 aromatic carbocycles. The van der Waals surface area contributed by atoms with Crippen LogP contribution in [0.5, 0.6) is 0 Å². The van der Waals surface area contributed by atoms with Crippen molar-refractivity contribution in [2.24, 2.45) is 23.7 Å². The number of nitrogens with one attached hydrogen (secondary N) is 1. The topological polar surface area (TPSA) is 69.6 Å². The summed E-state index contributed by atoms with van der Waals surface area (Å²) in [4.78, 5) is 24.3. The Hall–Kier alpha value is -1.47. The molecule has 1 heterocycles. The van der Waals surface area contributed by atoms with E-state index in [1.807, 2.05) is 6.92 Å². The predicted molar refractivity (Wildman–Crippen MR) is 76.7 cm³/mol. The Morgan fingerprint density at radius 3 is 2.35 bits per heavy atom. The third kappa shape index (κ3) is 3.90. The summed E-state index contributed by atoms with van der Waals surface area (Å²) in [5, 5.41) is 11.8. The zero-order valence-electron chi connectivity index (χ0n) is 13.3. The van der Waals surface area contributed by atoms with Crippen LogP contribution in [-0.4, -0.2) is 47.3 Å². The Labute approximate surface area is 133 Å². The van der Waals surface area contributed by atoms with Crippen LogP contribution in [-0.2, 0) is 4.79 Å². The van der Waals surface area contributed by atoms with E-state index >= 15 is 0 Å². The standard InChI is InChI=1S/C15H23F3N2O3/c1-8-4-3-5-12(9(8)2)19-14(23)20-6-10(13(21)22)11(7-20)15(16,17)18/h8-12H,3-7H2,1-2H3,(H,19,23)(H,21,22)/t8?,9?,10-,11-,12?/m1/s1. The van der Waals surface area contributed by atoms with Crippen LogP contribution in [0.1, 0.15) is 33.1 Å². The molecule has 1 aliphatic carbocycles. The van der Waals surface area contributed by atoms with Crippen LogP contribution in [0.3, 0.4) is 0 Å². The molecule has 3 unspecified atom stereocenters. The van der Waals surface area contributed by atoms with Crippen molar-refractivity contribution in [3.63, 3.8) is 0 Å². The number of rotatable bonds is 2. The lowest BCUT2D eigenvalue weighted by Crippen LogP contribution is -2.49. The smallest absolute Gasteiger partial charge is 0.394 e. The van der Waals surface area contributed by atoms with Gasteiger partial charge in [0, 0.05) is 19.1 Å². The van der Waals surface area contributed by atoms with Gasteiger partial charge in [0.25, 0.3) is 0 Å². The summed E-state index contributed by atoms with van der Waals surface area (Å²) in [6, 6.07) is -0.659. The molecule has 8 heteroatoms. The number of hydrogen-bond donors (Lipinski definition) is 2. The summed E-state index contributed by atoms with van der Waals surface area (Å²) < 4.78 is 38.9. The van der Waals surface area contributed by atoms with Crippen LogP contribution < -0.4 is 5.32 Å². The summed E-state index contributed by atoms with van der Waals surface area (Å²) in [6.45, 7) is 3.13. The van der Waals surface area contributed by atoms with E-state index in [0.717, 1.165) is 24.2 Å². The lowest BCUT2D eigenvalue weighted by molar-refractivity contribution is -0.187. The lowest BCUT2D eigenvalue weighted by atomic mass is 9.78. The summed E-state index contributed by atoms with van der Waals surface area (Å²) in [5.41, 5.74) is 0. The average Bonchev–Trinajstić information content (AvgIpc) is 2.89. The van der Waals surface area contributed by atoms with Gasteiger partial charge in [-0.3, -0.25) is 4.79 Å². The van der Waals surface area contributed by atoms with Gasteiger partial charge in [-0.1, -0.05) is 26.7 Å². The second-order valence-corrected chi connectivity index (χ2v) is 6.82. The lowest BCUT2D eigenvalue weighted by Gasteiger charge is -2.35. The molecule has 0 aromatic rings. The van der Waals surface area contributed by atoms with E-state index < -0.39 is 43.1 Å². The van der Waals surface area contributed by atoms with Crippen LogP contribution in [0, 0.1) is 23.7 Å². The second-order valence-electron chi connectivity index (χ2n) is 6.82. The molecular formula is C15H23F3N2O3. The minimum atomic E-state index is -4.62. The largest absolute Gasteiger partial charge is 0.481 e. The van der Waals surface area contributed by atoms with Gasteiger partial charge >= 0.3 is 18.2 Å². The minimum Gasteiger partial charge on any atom is -0.481 e. The Bertz CT molecular complexity index is 469. The molecule has 1 saturated heterocycles. The van der Waals surface area contributed by atoms with Crippen LogP contribution in [0.25, 0.3) is 0 Å². The van der Waals surface area contributed by atoms with Gasteiger partial charge in [0.1, 0.15) is 0 Å². The zero-order chi connectivity index (χ0) is 17.4. The van der Waals surface area contributed by atoms with Crippen molar-refractivity contribution in [1.82, 2.24) is 10.2 Å². The van der Waals surface area contributed by atoms with Gasteiger partial charge < -0.3 is 15.3 Å². The van der Waals surface area contributed by atoms with E-state index in [2.05, 4.69) is 12.2 Å². The Kier molecular flexibility index (Phi) is 5.10. The molecule has 1 aliphatic heterocycles. The maximum absolute atomic E-state index is 13.0. The van der Waals surface area contributed by atoms with Crippen LogP contribution in [0.4, 0.5) is 18.0 Å². The van der Waals surface area contributed by atoms with Crippen LogP contribution in [0.15, 0.2) is 0 Å². The maximum atomic E-state index is 13.0. The number of carbonyl (C=O) groups is 2. The van der Waals surface area contributed by atoms with Crippen molar-refractivity contribution in [3.8, 4) is 0 Å². The van der Waals surface area contributed by atoms with Crippen molar-refractivity contribution < 1.29 is 27.9 Å². The van der Waals surface area contributed by atoms with Gasteiger partial charge in [0.05, 0.1) is 11.8 Å². The van der Waals surface area contributed by atoms with Gasteiger partial charge in [-0.2, -0.15) is 13.2 Å². The normalized spacial score (nSPS) is 35.2. The molecule has 0 bridgehead atoms. The van der Waals surface area contributed by atoms with Gasteiger partial charge in [-0.25, -0.2) is 4.79 Å². The third-order valence-corrected chi connectivity index (χ3v) is 5.36. The summed E-state index contributed by atoms with van der Waals surface area (Å²) in [5.74, 6) is -4.41. The number of halogens is 3. The van der Waals surface area contributed by atoms with Crippen molar-refractivity contribution in [3.05, 3.63) is 0 Å². The number of urea groups is 1. The molecule has 0 radical (unpaired) electrons. The molecule has 2 rings (SSSR count). The summed E-state index contributed by atoms with van der Waals surface area (Å²) in [6.07, 6.45) is -1.77. The second kappa shape index (κ2) is 6.57. The molecule has 0 aromatic heterocycles. The molecule has 5 atom stereocenters. The Morgan fingerprint density at radius 2 is 1.83 bits per heavy atom. The first kappa shape index (κ1) is 17.9. The van der Waals surface area contributed by atoms with Crippen LogP contribution >= 0.6 is 0 Å². The van der Waals surface area contributed by atoms with Crippen molar-refractivity contribution >= 4 is 12.0 Å². The van der Waals surface area contributed by atoms with E-state index in [4.69, 9.17) is 5.11 Å². The summed E-state index contributed by atoms with van der Waals surface area (Å²) >= 11 is 0. The fraction of sp³-hybridized carbons (Fsp3) is 0.867. The van der Waals surface area contributed by atoms with E-state index in [1.54, 1.807) is 0 Å². The fourth-order valence-electron chi connectivity index (χ4n) is 3.59. The van der Waals surface area contributed by atoms with Gasteiger partial charge in [0.15, 0.2) is 0 Å². The molecule has 2 N–H and O–H groups in total. The number of carboxylic acid groups (broad SMARTS) is 1. The minimum absolute atomic E-state index is 0.0699. The molecule has 23 heavy (non-hydrogen) atoms. The van der Waals surface area contributed by atoms with Gasteiger partial charge in [-0.15, -0.1) is 0 Å². The molecule has 1 saturated carbocycles. The maximum Gasteiger partial charge on any atom is 0.394 e. The van der Waals surface area contributed by atoms with E-state index in [1.165, 1.54) is 0 Å². The van der Waals surface area contributed by atoms with Gasteiger partial charge in [0.2, 0.25) is 0 Å². The third-order valence-electron chi connectivity index (χ3n) is 5.36. The number of alkyl halides is 3. The number of hydrogen-bond acceptors (Lipinski definition) is 2. The van der Waals surface area contributed by atoms with Crippen LogP contribution in [0.2, 0.25) is 0 Å². The Balaban J connectivity index is 2.01. The predicted octanol–water partition coefficient (Wildman–Crippen LogP) is 2.72. The van der Waals surface area contributed by atoms with E-state index in [0.29, 0.717) is 5.92 Å². The quantitative estimate of drug-likeness (QED) is 0.815. The first-order valence-corrected chi connectivity index (χ1v) is 7.96. The molecular weight excluding hydrogens is 313 g/mol. The highest BCUT2D eigenvalue weighted by Crippen LogP contribution is 2.38. The highest BCUT2D eigenvalue weighted by atomic mass is 19.4. The van der Waals surface area contributed by atoms with Crippen molar-refractivity contribution in [1.29, 1.82) is 0 Å². The number of aliphatic carboxylic acids is 1. The highest BCUT2D eigenvalue weighted by Gasteiger charge is 2.53. The summed E-state index contributed by atoms with van der Waals surface area (Å²) in [7, 11) is 0. The fourth-order valence-corrected chi connectivity index (χ4v) is 3.59. The van der Waals surface area contributed by atoms with Crippen molar-refractivity contribution in [2.75, 3.05) is 13.1 Å². The molecule has 2 amide bonds. The van der Waals surface area contributed by atoms with E-state index in [9.17, 15) is 22.8 Å². The molecule has 2 fully saturated rings. The highest BCUT2D eigenvalue weighted by molar-refractivity contribution is 5.78. The molecule has 132 valence electrons. The number of nitrogens with zero attached hydrogens (tertiary/aromatic N) is 1. The molecule has 0 spiro atoms. The number of carbonyl (C=O) groups excluding carboxylic acids is 1. The SMILES string of the molecule is CC1CCCC(NC(=O)N2C[C@@H](C(F)(F)F)[C@H](C(=O)O)C2)C1C. The zero-order valence-corrected chi connectivity index (χ0v) is 13.3. The number of amides is 2. The van der Waals surface area contributed by atoms with Crippen molar-refractivity contribution in [2.45, 2.75) is 45.3 Å². The number of carboxylic acids is 1. The average molecular weight is 336 g/mol. The number of likely N-dealkylation sites (tertiary alicyclic amines) is 1. The first-order chi connectivity index (χ1) is 10.6. The molecule has 2 aliphatic rings. The monoisotopic (exact) mass is 336 g/mol. The van der Waals surface area contributed by atoms with Gasteiger partial charge in [-0.05, 0) is 18.3 Å². The first-order valence-electron chi connectivity index (χ1n) is 7.96.